The average Bonchev–Trinajstić information content (AvgIpc) is 2.79. The highest BCUT2D eigenvalue weighted by Crippen LogP contribution is 2.28. The minimum Gasteiger partial charge on any atom is -0.449 e. The third-order valence-electron chi connectivity index (χ3n) is 4.51. The summed E-state index contributed by atoms with van der Waals surface area (Å²) in [5.41, 5.74) is 2.49. The number of amides is 1. The molecule has 1 atom stereocenters. The first-order chi connectivity index (χ1) is 15.3. The molecule has 0 heterocycles. The maximum atomic E-state index is 12.6. The van der Waals surface area contributed by atoms with Crippen LogP contribution in [0.2, 0.25) is 5.02 Å². The zero-order valence-corrected chi connectivity index (χ0v) is 17.8. The molecular weight excluding hydrogens is 432 g/mol. The van der Waals surface area contributed by atoms with Crippen LogP contribution in [-0.4, -0.2) is 22.9 Å². The highest BCUT2D eigenvalue weighted by Gasteiger charge is 2.18. The zero-order valence-electron chi connectivity index (χ0n) is 17.0. The molecule has 0 aromatic heterocycles. The fourth-order valence-electron chi connectivity index (χ4n) is 2.90. The van der Waals surface area contributed by atoms with Crippen molar-refractivity contribution in [2.24, 2.45) is 0 Å². The zero-order chi connectivity index (χ0) is 23.1. The predicted octanol–water partition coefficient (Wildman–Crippen LogP) is 5.50. The van der Waals surface area contributed by atoms with Crippen molar-refractivity contribution in [3.05, 3.63) is 99.6 Å². The number of nitrogens with zero attached hydrogens (tertiary/aromatic N) is 1. The first-order valence-corrected chi connectivity index (χ1v) is 10.0. The minimum absolute atomic E-state index is 0.00389. The van der Waals surface area contributed by atoms with E-state index < -0.39 is 22.9 Å². The fourth-order valence-corrected chi connectivity index (χ4v) is 3.09. The van der Waals surface area contributed by atoms with E-state index in [9.17, 15) is 19.7 Å². The third kappa shape index (κ3) is 5.80. The summed E-state index contributed by atoms with van der Waals surface area (Å²) in [5.74, 6) is -1.25. The third-order valence-corrected chi connectivity index (χ3v) is 4.83. The van der Waals surface area contributed by atoms with Crippen LogP contribution in [0.1, 0.15) is 12.5 Å². The van der Waals surface area contributed by atoms with Crippen molar-refractivity contribution in [2.75, 3.05) is 5.32 Å². The van der Waals surface area contributed by atoms with Crippen molar-refractivity contribution >= 4 is 40.9 Å². The molecule has 1 N–H and O–H groups in total. The van der Waals surface area contributed by atoms with Crippen LogP contribution in [0.15, 0.2) is 78.9 Å². The Morgan fingerprint density at radius 2 is 1.75 bits per heavy atom. The van der Waals surface area contributed by atoms with Crippen molar-refractivity contribution < 1.29 is 19.2 Å². The van der Waals surface area contributed by atoms with Gasteiger partial charge in [-0.15, -0.1) is 0 Å². The number of nitro groups is 1. The maximum absolute atomic E-state index is 12.6. The summed E-state index contributed by atoms with van der Waals surface area (Å²) in [6, 6.07) is 21.0. The van der Waals surface area contributed by atoms with Gasteiger partial charge in [0.25, 0.3) is 11.6 Å². The predicted molar refractivity (Wildman–Crippen MR) is 123 cm³/mol. The Labute approximate surface area is 189 Å². The number of para-hydroxylation sites is 1. The number of hydrogen-bond donors (Lipinski definition) is 1. The summed E-state index contributed by atoms with van der Waals surface area (Å²) in [7, 11) is 0. The first-order valence-electron chi connectivity index (χ1n) is 9.63. The lowest BCUT2D eigenvalue weighted by molar-refractivity contribution is -0.384. The van der Waals surface area contributed by atoms with Gasteiger partial charge in [0.15, 0.2) is 6.10 Å². The minimum atomic E-state index is -1.06. The van der Waals surface area contributed by atoms with Gasteiger partial charge in [0.1, 0.15) is 5.02 Å². The Kier molecular flexibility index (Phi) is 7.36. The molecule has 3 aromatic rings. The van der Waals surface area contributed by atoms with Crippen molar-refractivity contribution in [2.45, 2.75) is 13.0 Å². The van der Waals surface area contributed by atoms with Crippen molar-refractivity contribution in [3.63, 3.8) is 0 Å². The Morgan fingerprint density at radius 3 is 2.47 bits per heavy atom. The van der Waals surface area contributed by atoms with E-state index >= 15 is 0 Å². The number of ether oxygens (including phenoxy) is 1. The number of anilines is 1. The molecule has 0 radical (unpaired) electrons. The molecule has 0 aliphatic heterocycles. The number of nitro benzene ring substituents is 1. The van der Waals surface area contributed by atoms with Gasteiger partial charge in [-0.3, -0.25) is 14.9 Å². The molecule has 1 unspecified atom stereocenters. The van der Waals surface area contributed by atoms with Gasteiger partial charge in [-0.2, -0.15) is 0 Å². The molecule has 3 aromatic carbocycles. The van der Waals surface area contributed by atoms with Crippen LogP contribution in [0.25, 0.3) is 17.2 Å². The van der Waals surface area contributed by atoms with Gasteiger partial charge < -0.3 is 10.1 Å². The number of hydrogen-bond acceptors (Lipinski definition) is 5. The standard InChI is InChI=1S/C24H19ClN2O5/c1-16(32-23(28)14-12-17-11-13-20(25)22(15-17)27(30)31)24(29)26-21-10-6-5-9-19(21)18-7-3-2-4-8-18/h2-16H,1H3,(H,26,29)/b14-12+. The average molecular weight is 451 g/mol. The maximum Gasteiger partial charge on any atom is 0.331 e. The van der Waals surface area contributed by atoms with E-state index in [1.807, 2.05) is 42.5 Å². The van der Waals surface area contributed by atoms with Crippen molar-refractivity contribution in [1.82, 2.24) is 0 Å². The van der Waals surface area contributed by atoms with E-state index in [0.29, 0.717) is 11.3 Å². The molecule has 0 spiro atoms. The second-order valence-corrected chi connectivity index (χ2v) is 7.19. The smallest absolute Gasteiger partial charge is 0.331 e. The second-order valence-electron chi connectivity index (χ2n) is 6.78. The number of nitrogens with one attached hydrogen (secondary N) is 1. The van der Waals surface area contributed by atoms with E-state index in [4.69, 9.17) is 16.3 Å². The highest BCUT2D eigenvalue weighted by atomic mass is 35.5. The van der Waals surface area contributed by atoms with Gasteiger partial charge >= 0.3 is 5.97 Å². The fraction of sp³-hybridized carbons (Fsp3) is 0.0833. The monoisotopic (exact) mass is 450 g/mol. The number of halogens is 1. The van der Waals surface area contributed by atoms with Gasteiger partial charge in [-0.05, 0) is 36.3 Å². The molecule has 3 rings (SSSR count). The summed E-state index contributed by atoms with van der Waals surface area (Å²) in [6.07, 6.45) is 1.38. The lowest BCUT2D eigenvalue weighted by atomic mass is 10.0. The SMILES string of the molecule is CC(OC(=O)/C=C/c1ccc(Cl)c([N+](=O)[O-])c1)C(=O)Nc1ccccc1-c1ccccc1. The molecule has 0 fully saturated rings. The molecule has 0 aliphatic carbocycles. The van der Waals surface area contributed by atoms with Crippen molar-refractivity contribution in [3.8, 4) is 11.1 Å². The molecule has 8 heteroatoms. The Bertz CT molecular complexity index is 1180. The number of esters is 1. The molecule has 0 aliphatic rings. The molecule has 162 valence electrons. The van der Waals surface area contributed by atoms with Crippen LogP contribution < -0.4 is 5.32 Å². The molecule has 0 saturated heterocycles. The normalized spacial score (nSPS) is 11.7. The Balaban J connectivity index is 1.64. The summed E-state index contributed by atoms with van der Waals surface area (Å²) < 4.78 is 5.16. The molecular formula is C24H19ClN2O5. The van der Waals surface area contributed by atoms with E-state index in [0.717, 1.165) is 17.2 Å². The van der Waals surface area contributed by atoms with E-state index in [2.05, 4.69) is 5.32 Å². The second kappa shape index (κ2) is 10.4. The van der Waals surface area contributed by atoms with Crippen LogP contribution in [0.4, 0.5) is 11.4 Å². The summed E-state index contributed by atoms with van der Waals surface area (Å²) in [6.45, 7) is 1.46. The molecule has 7 nitrogen and oxygen atoms in total. The van der Waals surface area contributed by atoms with Crippen LogP contribution in [-0.2, 0) is 14.3 Å². The largest absolute Gasteiger partial charge is 0.449 e. The number of carbonyl (C=O) groups is 2. The summed E-state index contributed by atoms with van der Waals surface area (Å²) >= 11 is 5.77. The number of rotatable bonds is 7. The summed E-state index contributed by atoms with van der Waals surface area (Å²) in [5, 5.41) is 13.7. The van der Waals surface area contributed by atoms with Crippen LogP contribution in [0.3, 0.4) is 0 Å². The van der Waals surface area contributed by atoms with E-state index in [1.165, 1.54) is 31.2 Å². The van der Waals surface area contributed by atoms with Crippen LogP contribution in [0.5, 0.6) is 0 Å². The van der Waals surface area contributed by atoms with Gasteiger partial charge in [0.2, 0.25) is 0 Å². The van der Waals surface area contributed by atoms with Crippen LogP contribution in [0, 0.1) is 10.1 Å². The molecule has 0 bridgehead atoms. The van der Waals surface area contributed by atoms with Gasteiger partial charge in [0, 0.05) is 23.4 Å². The Hall–Kier alpha value is -3.97. The lowest BCUT2D eigenvalue weighted by Crippen LogP contribution is -2.29. The quantitative estimate of drug-likeness (QED) is 0.222. The van der Waals surface area contributed by atoms with E-state index in [1.54, 1.807) is 12.1 Å². The lowest BCUT2D eigenvalue weighted by Gasteiger charge is -2.15. The summed E-state index contributed by atoms with van der Waals surface area (Å²) in [4.78, 5) is 35.0. The van der Waals surface area contributed by atoms with Gasteiger partial charge in [-0.25, -0.2) is 4.79 Å². The number of carbonyl (C=O) groups excluding carboxylic acids is 2. The Morgan fingerprint density at radius 1 is 1.06 bits per heavy atom. The topological polar surface area (TPSA) is 98.5 Å². The molecule has 32 heavy (non-hydrogen) atoms. The van der Waals surface area contributed by atoms with E-state index in [-0.39, 0.29) is 10.7 Å². The molecule has 0 saturated carbocycles. The van der Waals surface area contributed by atoms with Gasteiger partial charge in [-0.1, -0.05) is 66.2 Å². The first kappa shape index (κ1) is 22.7. The highest BCUT2D eigenvalue weighted by molar-refractivity contribution is 6.32. The van der Waals surface area contributed by atoms with Gasteiger partial charge in [0.05, 0.1) is 4.92 Å². The van der Waals surface area contributed by atoms with Crippen LogP contribution >= 0.6 is 11.6 Å². The van der Waals surface area contributed by atoms with Crippen molar-refractivity contribution in [1.29, 1.82) is 0 Å². The molecule has 1 amide bonds. The number of benzene rings is 3.